The van der Waals surface area contributed by atoms with Crippen LogP contribution < -0.4 is 10.2 Å². The molecule has 1 N–H and O–H groups in total. The van der Waals surface area contributed by atoms with Crippen LogP contribution in [0.15, 0.2) is 18.6 Å². The molecule has 20 heavy (non-hydrogen) atoms. The average molecular weight is 273 g/mol. The van der Waals surface area contributed by atoms with Crippen LogP contribution in [0.3, 0.4) is 0 Å². The molecule has 5 heteroatoms. The molecule has 5 nitrogen and oxygen atoms in total. The number of hydrogen-bond acceptors (Lipinski definition) is 4. The Hall–Kier alpha value is -1.78. The lowest BCUT2D eigenvalue weighted by Crippen LogP contribution is -2.39. The molecule has 0 bridgehead atoms. The van der Waals surface area contributed by atoms with Crippen molar-refractivity contribution >= 4 is 17.3 Å². The molecule has 2 aromatic heterocycles. The first-order valence-corrected chi connectivity index (χ1v) is 7.45. The third-order valence-corrected chi connectivity index (χ3v) is 4.51. The monoisotopic (exact) mass is 273 g/mol. The minimum Gasteiger partial charge on any atom is -0.372 e. The van der Waals surface area contributed by atoms with Crippen LogP contribution in [-0.4, -0.2) is 34.5 Å². The molecule has 0 saturated heterocycles. The van der Waals surface area contributed by atoms with Gasteiger partial charge in [0.15, 0.2) is 11.5 Å². The van der Waals surface area contributed by atoms with E-state index in [1.54, 1.807) is 0 Å². The van der Waals surface area contributed by atoms with Gasteiger partial charge in [-0.3, -0.25) is 0 Å². The maximum atomic E-state index is 4.73. The van der Waals surface area contributed by atoms with Crippen molar-refractivity contribution in [1.29, 1.82) is 0 Å². The first kappa shape index (κ1) is 13.2. The number of nitrogens with one attached hydrogen (secondary N) is 1. The third kappa shape index (κ3) is 2.21. The highest BCUT2D eigenvalue weighted by atomic mass is 15.2. The number of imidazole rings is 1. The molecule has 0 radical (unpaired) electrons. The van der Waals surface area contributed by atoms with Gasteiger partial charge in [0, 0.05) is 32.5 Å². The van der Waals surface area contributed by atoms with E-state index >= 15 is 0 Å². The summed E-state index contributed by atoms with van der Waals surface area (Å²) in [5, 5.41) is 3.13. The van der Waals surface area contributed by atoms with Crippen molar-refractivity contribution in [2.45, 2.75) is 38.6 Å². The number of rotatable bonds is 3. The van der Waals surface area contributed by atoms with Crippen molar-refractivity contribution in [1.82, 2.24) is 14.4 Å². The molecule has 2 unspecified atom stereocenters. The Bertz CT molecular complexity index is 591. The molecule has 1 fully saturated rings. The summed E-state index contributed by atoms with van der Waals surface area (Å²) in [4.78, 5) is 11.5. The van der Waals surface area contributed by atoms with Crippen molar-refractivity contribution in [2.75, 3.05) is 24.3 Å². The summed E-state index contributed by atoms with van der Waals surface area (Å²) in [6, 6.07) is 0.559. The Morgan fingerprint density at radius 2 is 2.15 bits per heavy atom. The van der Waals surface area contributed by atoms with Gasteiger partial charge in [0.1, 0.15) is 5.82 Å². The predicted octanol–water partition coefficient (Wildman–Crippen LogP) is 2.79. The number of nitrogens with zero attached hydrogens (tertiary/aromatic N) is 4. The van der Waals surface area contributed by atoms with E-state index in [9.17, 15) is 0 Å². The summed E-state index contributed by atoms with van der Waals surface area (Å²) in [5.74, 6) is 2.56. The Morgan fingerprint density at radius 1 is 1.35 bits per heavy atom. The van der Waals surface area contributed by atoms with Crippen LogP contribution in [0.5, 0.6) is 0 Å². The quantitative estimate of drug-likeness (QED) is 0.934. The van der Waals surface area contributed by atoms with Crippen molar-refractivity contribution in [2.24, 2.45) is 5.92 Å². The molecule has 108 valence electrons. The standard InChI is InChI=1S/C15H23N5/c1-11-6-4-5-7-12(11)19(3)15-14-17-8-9-20(14)10-13(16-2)18-15/h8-12,16H,4-7H2,1-3H3. The molecule has 1 saturated carbocycles. The molecule has 0 spiro atoms. The minimum absolute atomic E-state index is 0.559. The zero-order chi connectivity index (χ0) is 14.1. The molecular formula is C15H23N5. The van der Waals surface area contributed by atoms with Gasteiger partial charge in [0.2, 0.25) is 0 Å². The number of aromatic nitrogens is 3. The van der Waals surface area contributed by atoms with E-state index in [-0.39, 0.29) is 0 Å². The minimum atomic E-state index is 0.559. The van der Waals surface area contributed by atoms with E-state index in [2.05, 4.69) is 29.2 Å². The third-order valence-electron chi connectivity index (χ3n) is 4.51. The molecule has 0 aliphatic heterocycles. The largest absolute Gasteiger partial charge is 0.372 e. The molecule has 2 aromatic rings. The fraction of sp³-hybridized carbons (Fsp3) is 0.600. The van der Waals surface area contributed by atoms with E-state index in [0.717, 1.165) is 17.3 Å². The SMILES string of the molecule is CNc1cn2ccnc2c(N(C)C2CCCCC2C)n1. The first-order valence-electron chi connectivity index (χ1n) is 7.45. The maximum absolute atomic E-state index is 4.73. The molecule has 1 aliphatic rings. The topological polar surface area (TPSA) is 45.5 Å². The molecule has 1 aliphatic carbocycles. The van der Waals surface area contributed by atoms with Gasteiger partial charge in [-0.15, -0.1) is 0 Å². The highest BCUT2D eigenvalue weighted by Crippen LogP contribution is 2.31. The Kier molecular flexibility index (Phi) is 3.51. The fourth-order valence-electron chi connectivity index (χ4n) is 3.30. The normalized spacial score (nSPS) is 22.9. The smallest absolute Gasteiger partial charge is 0.180 e. The highest BCUT2D eigenvalue weighted by molar-refractivity contribution is 5.67. The lowest BCUT2D eigenvalue weighted by atomic mass is 9.85. The van der Waals surface area contributed by atoms with E-state index < -0.39 is 0 Å². The zero-order valence-electron chi connectivity index (χ0n) is 12.5. The van der Waals surface area contributed by atoms with Crippen LogP contribution in [0, 0.1) is 5.92 Å². The lowest BCUT2D eigenvalue weighted by Gasteiger charge is -2.37. The number of hydrogen-bond donors (Lipinski definition) is 1. The van der Waals surface area contributed by atoms with E-state index in [1.807, 2.05) is 30.0 Å². The first-order chi connectivity index (χ1) is 9.70. The van der Waals surface area contributed by atoms with Gasteiger partial charge in [0.25, 0.3) is 0 Å². The second kappa shape index (κ2) is 5.31. The van der Waals surface area contributed by atoms with E-state index in [0.29, 0.717) is 12.0 Å². The van der Waals surface area contributed by atoms with Crippen LogP contribution in [0.2, 0.25) is 0 Å². The van der Waals surface area contributed by atoms with Gasteiger partial charge in [-0.25, -0.2) is 9.97 Å². The molecule has 3 rings (SSSR count). The van der Waals surface area contributed by atoms with Crippen molar-refractivity contribution in [3.63, 3.8) is 0 Å². The Balaban J connectivity index is 2.01. The highest BCUT2D eigenvalue weighted by Gasteiger charge is 2.27. The van der Waals surface area contributed by atoms with Gasteiger partial charge < -0.3 is 14.6 Å². The van der Waals surface area contributed by atoms with E-state index in [1.165, 1.54) is 25.7 Å². The second-order valence-corrected chi connectivity index (χ2v) is 5.80. The Labute approximate surface area is 120 Å². The predicted molar refractivity (Wildman–Crippen MR) is 82.4 cm³/mol. The second-order valence-electron chi connectivity index (χ2n) is 5.80. The summed E-state index contributed by atoms with van der Waals surface area (Å²) < 4.78 is 2.04. The maximum Gasteiger partial charge on any atom is 0.180 e. The Morgan fingerprint density at radius 3 is 2.90 bits per heavy atom. The summed E-state index contributed by atoms with van der Waals surface area (Å²) >= 11 is 0. The molecule has 2 heterocycles. The van der Waals surface area contributed by atoms with Gasteiger partial charge in [-0.05, 0) is 18.8 Å². The zero-order valence-corrected chi connectivity index (χ0v) is 12.5. The van der Waals surface area contributed by atoms with Crippen LogP contribution >= 0.6 is 0 Å². The fourth-order valence-corrected chi connectivity index (χ4v) is 3.30. The van der Waals surface area contributed by atoms with Crippen molar-refractivity contribution in [3.8, 4) is 0 Å². The summed E-state index contributed by atoms with van der Waals surface area (Å²) in [6.45, 7) is 2.35. The summed E-state index contributed by atoms with van der Waals surface area (Å²) in [7, 11) is 4.06. The van der Waals surface area contributed by atoms with Crippen LogP contribution in [-0.2, 0) is 0 Å². The number of anilines is 2. The van der Waals surface area contributed by atoms with Gasteiger partial charge in [-0.2, -0.15) is 0 Å². The molecular weight excluding hydrogens is 250 g/mol. The summed E-state index contributed by atoms with van der Waals surface area (Å²) in [5.41, 5.74) is 0.935. The van der Waals surface area contributed by atoms with Gasteiger partial charge >= 0.3 is 0 Å². The molecule has 2 atom stereocenters. The average Bonchev–Trinajstić information content (AvgIpc) is 2.94. The van der Waals surface area contributed by atoms with Crippen LogP contribution in [0.25, 0.3) is 5.65 Å². The van der Waals surface area contributed by atoms with E-state index in [4.69, 9.17) is 4.98 Å². The lowest BCUT2D eigenvalue weighted by molar-refractivity contribution is 0.321. The number of fused-ring (bicyclic) bond motifs is 1. The van der Waals surface area contributed by atoms with Crippen molar-refractivity contribution in [3.05, 3.63) is 18.6 Å². The van der Waals surface area contributed by atoms with Crippen LogP contribution in [0.4, 0.5) is 11.6 Å². The van der Waals surface area contributed by atoms with Crippen LogP contribution in [0.1, 0.15) is 32.6 Å². The van der Waals surface area contributed by atoms with Gasteiger partial charge in [-0.1, -0.05) is 19.8 Å². The molecule has 0 aromatic carbocycles. The van der Waals surface area contributed by atoms with Gasteiger partial charge in [0.05, 0.1) is 6.20 Å². The van der Waals surface area contributed by atoms with Crippen molar-refractivity contribution < 1.29 is 0 Å². The summed E-state index contributed by atoms with van der Waals surface area (Å²) in [6.07, 6.45) is 11.0. The molecule has 0 amide bonds.